The van der Waals surface area contributed by atoms with E-state index in [4.69, 9.17) is 5.11 Å². The molecule has 0 spiro atoms. The molecule has 2 N–H and O–H groups in total. The van der Waals surface area contributed by atoms with Crippen molar-refractivity contribution in [1.82, 2.24) is 5.32 Å². The van der Waals surface area contributed by atoms with Gasteiger partial charge in [0, 0.05) is 29.0 Å². The fraction of sp³-hybridized carbons (Fsp3) is 0.593. The second kappa shape index (κ2) is 7.57. The van der Waals surface area contributed by atoms with Gasteiger partial charge in [-0.2, -0.15) is 0 Å². The van der Waals surface area contributed by atoms with Gasteiger partial charge in [-0.3, -0.25) is 14.4 Å². The molecule has 1 heterocycles. The Morgan fingerprint density at radius 2 is 1.81 bits per heavy atom. The van der Waals surface area contributed by atoms with Gasteiger partial charge in [0.05, 0.1) is 6.42 Å². The van der Waals surface area contributed by atoms with Gasteiger partial charge in [-0.15, -0.1) is 0 Å². The van der Waals surface area contributed by atoms with E-state index >= 15 is 0 Å². The van der Waals surface area contributed by atoms with Crippen LogP contribution < -0.4 is 5.32 Å². The minimum atomic E-state index is -0.858. The number of hydrogen-bond acceptors (Lipinski definition) is 3. The lowest BCUT2D eigenvalue weighted by Crippen LogP contribution is -2.53. The third-order valence-electron chi connectivity index (χ3n) is 9.52. The molecule has 32 heavy (non-hydrogen) atoms. The molecule has 1 aromatic rings. The first-order valence-electron chi connectivity index (χ1n) is 12.1. The summed E-state index contributed by atoms with van der Waals surface area (Å²) in [5.74, 6) is 1.23. The average molecular weight is 436 g/mol. The van der Waals surface area contributed by atoms with Crippen LogP contribution >= 0.6 is 0 Å². The fourth-order valence-electron chi connectivity index (χ4n) is 7.79. The van der Waals surface area contributed by atoms with Gasteiger partial charge in [-0.1, -0.05) is 44.2 Å². The molecule has 5 heteroatoms. The number of benzene rings is 1. The molecule has 3 fully saturated rings. The van der Waals surface area contributed by atoms with Crippen LogP contribution in [-0.4, -0.2) is 22.8 Å². The molecule has 0 aromatic heterocycles. The van der Waals surface area contributed by atoms with Crippen LogP contribution in [0.25, 0.3) is 0 Å². The Kier molecular flexibility index (Phi) is 5.06. The molecule has 1 unspecified atom stereocenters. The highest BCUT2D eigenvalue weighted by atomic mass is 16.4. The first-order valence-corrected chi connectivity index (χ1v) is 12.1. The number of carboxylic acid groups (broad SMARTS) is 1. The van der Waals surface area contributed by atoms with Crippen molar-refractivity contribution in [3.63, 3.8) is 0 Å². The monoisotopic (exact) mass is 435 g/mol. The van der Waals surface area contributed by atoms with Crippen molar-refractivity contribution in [2.45, 2.75) is 65.2 Å². The van der Waals surface area contributed by atoms with Gasteiger partial charge in [0.2, 0.25) is 5.91 Å². The van der Waals surface area contributed by atoms with Crippen molar-refractivity contribution >= 4 is 17.7 Å². The summed E-state index contributed by atoms with van der Waals surface area (Å²) in [7, 11) is 0. The largest absolute Gasteiger partial charge is 0.481 e. The summed E-state index contributed by atoms with van der Waals surface area (Å²) in [4.78, 5) is 36.5. The number of carbonyl (C=O) groups excluding carboxylic acids is 2. The number of rotatable bonds is 4. The molecule has 1 aliphatic heterocycles. The molecular weight excluding hydrogens is 402 g/mol. The lowest BCUT2D eigenvalue weighted by molar-refractivity contribution is -0.136. The Bertz CT molecular complexity index is 995. The SMILES string of the molecule is C[C@]12CCC(=O)NC1=CC[C@@H]1[C@H]2CC[C@]2(C)C(C(=O)c3ccc(CC(=O)O)cc3)CC[C@@H]12. The lowest BCUT2D eigenvalue weighted by Gasteiger charge is -2.57. The number of amides is 1. The summed E-state index contributed by atoms with van der Waals surface area (Å²) in [6.45, 7) is 4.68. The zero-order valence-electron chi connectivity index (χ0n) is 19.0. The van der Waals surface area contributed by atoms with Crippen molar-refractivity contribution < 1.29 is 19.5 Å². The zero-order valence-corrected chi connectivity index (χ0v) is 19.0. The third kappa shape index (κ3) is 3.23. The summed E-state index contributed by atoms with van der Waals surface area (Å²) in [5, 5.41) is 12.1. The molecule has 1 aromatic carbocycles. The highest BCUT2D eigenvalue weighted by Gasteiger charge is 2.60. The first kappa shape index (κ1) is 21.4. The van der Waals surface area contributed by atoms with E-state index in [9.17, 15) is 14.4 Å². The van der Waals surface area contributed by atoms with Gasteiger partial charge in [-0.05, 0) is 67.3 Å². The molecule has 0 bridgehead atoms. The Hall–Kier alpha value is -2.43. The van der Waals surface area contributed by atoms with E-state index in [2.05, 4.69) is 25.2 Å². The van der Waals surface area contributed by atoms with E-state index < -0.39 is 5.97 Å². The van der Waals surface area contributed by atoms with Crippen LogP contribution in [0.15, 0.2) is 36.0 Å². The van der Waals surface area contributed by atoms with Gasteiger partial charge in [0.15, 0.2) is 5.78 Å². The predicted molar refractivity (Wildman–Crippen MR) is 121 cm³/mol. The number of carboxylic acids is 1. The Balaban J connectivity index is 1.37. The Morgan fingerprint density at radius 3 is 2.53 bits per heavy atom. The van der Waals surface area contributed by atoms with E-state index in [-0.39, 0.29) is 34.9 Å². The topological polar surface area (TPSA) is 83.5 Å². The number of allylic oxidation sites excluding steroid dienone is 2. The van der Waals surface area contributed by atoms with Gasteiger partial charge < -0.3 is 10.4 Å². The molecule has 1 amide bonds. The van der Waals surface area contributed by atoms with Crippen LogP contribution in [-0.2, 0) is 16.0 Å². The Morgan fingerprint density at radius 1 is 1.06 bits per heavy atom. The van der Waals surface area contributed by atoms with Crippen molar-refractivity contribution in [3.8, 4) is 0 Å². The summed E-state index contributed by atoms with van der Waals surface area (Å²) in [6.07, 6.45) is 9.00. The number of fused-ring (bicyclic) bond motifs is 5. The van der Waals surface area contributed by atoms with E-state index in [0.29, 0.717) is 29.7 Å². The maximum atomic E-state index is 13.6. The van der Waals surface area contributed by atoms with Crippen LogP contribution in [0.1, 0.15) is 74.7 Å². The fourth-order valence-corrected chi connectivity index (χ4v) is 7.79. The zero-order chi connectivity index (χ0) is 22.7. The summed E-state index contributed by atoms with van der Waals surface area (Å²) in [5.41, 5.74) is 2.65. The molecule has 170 valence electrons. The number of ketones is 1. The molecule has 6 atom stereocenters. The van der Waals surface area contributed by atoms with E-state index in [1.807, 2.05) is 12.1 Å². The standard InChI is InChI=1S/C27H33NO4/c1-26-13-11-20-18(7-10-22-27(20,2)14-12-23(29)28-22)19(26)8-9-21(26)25(32)17-5-3-16(4-6-17)15-24(30)31/h3-6,10,18-21H,7-9,11-15H2,1-2H3,(H,28,29)(H,30,31)/t18-,19-,20+,21?,26-,27+/m0/s1. The van der Waals surface area contributed by atoms with Crippen LogP contribution in [0.2, 0.25) is 0 Å². The molecule has 1 saturated heterocycles. The number of Topliss-reactive ketones (excluding diaryl/α,β-unsaturated/α-hetero) is 1. The molecular formula is C27H33NO4. The van der Waals surface area contributed by atoms with Crippen LogP contribution in [0.5, 0.6) is 0 Å². The normalized spacial score (nSPS) is 38.1. The maximum Gasteiger partial charge on any atom is 0.307 e. The quantitative estimate of drug-likeness (QED) is 0.668. The van der Waals surface area contributed by atoms with Crippen molar-refractivity contribution in [1.29, 1.82) is 0 Å². The summed E-state index contributed by atoms with van der Waals surface area (Å²) >= 11 is 0. The van der Waals surface area contributed by atoms with Crippen molar-refractivity contribution in [2.24, 2.45) is 34.5 Å². The van der Waals surface area contributed by atoms with Crippen LogP contribution in [0.3, 0.4) is 0 Å². The van der Waals surface area contributed by atoms with Crippen LogP contribution in [0, 0.1) is 34.5 Å². The average Bonchev–Trinajstić information content (AvgIpc) is 3.11. The van der Waals surface area contributed by atoms with E-state index in [1.54, 1.807) is 12.1 Å². The summed E-state index contributed by atoms with van der Waals surface area (Å²) in [6, 6.07) is 7.17. The molecule has 5 nitrogen and oxygen atoms in total. The molecule has 3 aliphatic carbocycles. The molecule has 4 aliphatic rings. The highest BCUT2D eigenvalue weighted by Crippen LogP contribution is 2.65. The minimum Gasteiger partial charge on any atom is -0.481 e. The van der Waals surface area contributed by atoms with E-state index in [0.717, 1.165) is 49.8 Å². The van der Waals surface area contributed by atoms with Crippen molar-refractivity contribution in [3.05, 3.63) is 47.2 Å². The maximum absolute atomic E-state index is 13.6. The lowest BCUT2D eigenvalue weighted by atomic mass is 9.49. The van der Waals surface area contributed by atoms with Gasteiger partial charge in [-0.25, -0.2) is 0 Å². The smallest absolute Gasteiger partial charge is 0.307 e. The molecule has 0 radical (unpaired) electrons. The van der Waals surface area contributed by atoms with E-state index in [1.165, 1.54) is 0 Å². The first-order chi connectivity index (χ1) is 15.2. The molecule has 2 saturated carbocycles. The number of hydrogen-bond donors (Lipinski definition) is 2. The number of nitrogens with one attached hydrogen (secondary N) is 1. The van der Waals surface area contributed by atoms with Gasteiger partial charge in [0.1, 0.15) is 0 Å². The van der Waals surface area contributed by atoms with Crippen molar-refractivity contribution in [2.75, 3.05) is 0 Å². The number of piperidine rings is 1. The number of carbonyl (C=O) groups is 3. The Labute approximate surface area is 189 Å². The second-order valence-corrected chi connectivity index (χ2v) is 11.0. The predicted octanol–water partition coefficient (Wildman–Crippen LogP) is 4.76. The van der Waals surface area contributed by atoms with Crippen LogP contribution in [0.4, 0.5) is 0 Å². The second-order valence-electron chi connectivity index (χ2n) is 11.0. The minimum absolute atomic E-state index is 0.0115. The highest BCUT2D eigenvalue weighted by molar-refractivity contribution is 5.98. The van der Waals surface area contributed by atoms with Gasteiger partial charge >= 0.3 is 5.97 Å². The van der Waals surface area contributed by atoms with Gasteiger partial charge in [0.25, 0.3) is 0 Å². The number of aliphatic carboxylic acids is 1. The molecule has 5 rings (SSSR count). The summed E-state index contributed by atoms with van der Waals surface area (Å²) < 4.78 is 0. The third-order valence-corrected chi connectivity index (χ3v) is 9.52.